The van der Waals surface area contributed by atoms with Gasteiger partial charge in [0.05, 0.1) is 12.9 Å². The molecule has 9 heteroatoms. The van der Waals surface area contributed by atoms with Crippen LogP contribution in [0.1, 0.15) is 18.9 Å². The van der Waals surface area contributed by atoms with Crippen LogP contribution in [0.4, 0.5) is 4.39 Å². The van der Waals surface area contributed by atoms with Crippen LogP contribution in [0.2, 0.25) is 0 Å². The number of aromatic nitrogens is 2. The summed E-state index contributed by atoms with van der Waals surface area (Å²) >= 11 is 4.30. The quantitative estimate of drug-likeness (QED) is 0.664. The number of carbonyl (C=O) groups excluding carboxylic acids is 1. The molecule has 130 valence electrons. The van der Waals surface area contributed by atoms with E-state index in [1.807, 2.05) is 13.0 Å². The summed E-state index contributed by atoms with van der Waals surface area (Å²) in [5.74, 6) is 0.794. The number of hydrogen-bond acceptors (Lipinski definition) is 7. The van der Waals surface area contributed by atoms with Crippen LogP contribution < -0.4 is 10.1 Å². The van der Waals surface area contributed by atoms with E-state index in [4.69, 9.17) is 4.74 Å². The van der Waals surface area contributed by atoms with Gasteiger partial charge in [-0.25, -0.2) is 4.39 Å². The first-order chi connectivity index (χ1) is 11.6. The Morgan fingerprint density at radius 3 is 2.75 bits per heavy atom. The highest BCUT2D eigenvalue weighted by Crippen LogP contribution is 2.31. The molecule has 0 unspecified atom stereocenters. The van der Waals surface area contributed by atoms with Crippen LogP contribution in [0.3, 0.4) is 0 Å². The van der Waals surface area contributed by atoms with Gasteiger partial charge in [0.15, 0.2) is 20.2 Å². The molecule has 0 atom stereocenters. The standard InChI is InChI=1S/C15H18FN3O2S3/c1-3-6-17-13(20)9-23-15-19-18-14(24-15)22-8-10-4-5-12(21-2)11(16)7-10/h4-5,7H,3,6,8-9H2,1-2H3,(H,17,20). The third kappa shape index (κ3) is 5.95. The zero-order valence-electron chi connectivity index (χ0n) is 13.4. The van der Waals surface area contributed by atoms with E-state index in [0.717, 1.165) is 20.7 Å². The van der Waals surface area contributed by atoms with Crippen LogP contribution >= 0.6 is 34.9 Å². The second-order valence-corrected chi connectivity index (χ2v) is 8.15. The van der Waals surface area contributed by atoms with Gasteiger partial charge >= 0.3 is 0 Å². The summed E-state index contributed by atoms with van der Waals surface area (Å²) < 4.78 is 20.1. The molecule has 0 bridgehead atoms. The molecule has 0 aliphatic heterocycles. The Kier molecular flexibility index (Phi) is 7.80. The molecule has 0 spiro atoms. The van der Waals surface area contributed by atoms with Crippen molar-refractivity contribution < 1.29 is 13.9 Å². The number of hydrogen-bond donors (Lipinski definition) is 1. The normalized spacial score (nSPS) is 10.6. The molecule has 2 rings (SSSR count). The molecule has 2 aromatic rings. The number of methoxy groups -OCH3 is 1. The Morgan fingerprint density at radius 1 is 1.33 bits per heavy atom. The lowest BCUT2D eigenvalue weighted by molar-refractivity contribution is -0.118. The number of carbonyl (C=O) groups is 1. The summed E-state index contributed by atoms with van der Waals surface area (Å²) in [6.07, 6.45) is 0.919. The minimum absolute atomic E-state index is 0.0000360. The summed E-state index contributed by atoms with van der Waals surface area (Å²) in [5.41, 5.74) is 0.849. The zero-order valence-corrected chi connectivity index (χ0v) is 15.8. The Hall–Kier alpha value is -1.32. The van der Waals surface area contributed by atoms with Gasteiger partial charge in [-0.3, -0.25) is 4.79 Å². The Balaban J connectivity index is 1.81. The van der Waals surface area contributed by atoms with Gasteiger partial charge in [-0.1, -0.05) is 47.9 Å². The first-order valence-electron chi connectivity index (χ1n) is 7.30. The van der Waals surface area contributed by atoms with Crippen LogP contribution in [0, 0.1) is 5.82 Å². The maximum Gasteiger partial charge on any atom is 0.230 e. The van der Waals surface area contributed by atoms with Crippen LogP contribution in [-0.4, -0.2) is 35.5 Å². The Labute approximate surface area is 152 Å². The SMILES string of the molecule is CCCNC(=O)CSc1nnc(SCc2ccc(OC)c(F)c2)s1. The number of nitrogens with one attached hydrogen (secondary N) is 1. The van der Waals surface area contributed by atoms with E-state index in [-0.39, 0.29) is 17.5 Å². The van der Waals surface area contributed by atoms with Crippen LogP contribution in [0.25, 0.3) is 0 Å². The van der Waals surface area contributed by atoms with Gasteiger partial charge in [-0.2, -0.15) is 0 Å². The van der Waals surface area contributed by atoms with E-state index in [1.54, 1.807) is 6.07 Å². The molecule has 0 fully saturated rings. The fourth-order valence-corrected chi connectivity index (χ4v) is 4.49. The topological polar surface area (TPSA) is 64.1 Å². The smallest absolute Gasteiger partial charge is 0.230 e. The predicted octanol–water partition coefficient (Wildman–Crippen LogP) is 3.60. The van der Waals surface area contributed by atoms with Gasteiger partial charge in [-0.05, 0) is 24.1 Å². The average Bonchev–Trinajstić information content (AvgIpc) is 3.04. The lowest BCUT2D eigenvalue weighted by Crippen LogP contribution is -2.25. The Morgan fingerprint density at radius 2 is 2.08 bits per heavy atom. The highest BCUT2D eigenvalue weighted by Gasteiger charge is 2.09. The van der Waals surface area contributed by atoms with Gasteiger partial charge in [0.2, 0.25) is 5.91 Å². The van der Waals surface area contributed by atoms with Crippen LogP contribution in [-0.2, 0) is 10.5 Å². The van der Waals surface area contributed by atoms with E-state index in [0.29, 0.717) is 18.1 Å². The molecule has 5 nitrogen and oxygen atoms in total. The molecule has 0 saturated carbocycles. The maximum absolute atomic E-state index is 13.6. The molecular weight excluding hydrogens is 369 g/mol. The van der Waals surface area contributed by atoms with Crippen molar-refractivity contribution in [3.8, 4) is 5.75 Å². The minimum Gasteiger partial charge on any atom is -0.494 e. The fraction of sp³-hybridized carbons (Fsp3) is 0.400. The molecule has 1 amide bonds. The predicted molar refractivity (Wildman–Crippen MR) is 96.4 cm³/mol. The van der Waals surface area contributed by atoms with Crippen molar-refractivity contribution in [1.29, 1.82) is 0 Å². The number of amides is 1. The van der Waals surface area contributed by atoms with Gasteiger partial charge in [0.25, 0.3) is 0 Å². The summed E-state index contributed by atoms with van der Waals surface area (Å²) in [6.45, 7) is 2.70. The van der Waals surface area contributed by atoms with Crippen molar-refractivity contribution in [2.45, 2.75) is 27.8 Å². The minimum atomic E-state index is -0.373. The molecule has 24 heavy (non-hydrogen) atoms. The summed E-state index contributed by atoms with van der Waals surface area (Å²) in [6, 6.07) is 4.89. The molecule has 1 aromatic carbocycles. The highest BCUT2D eigenvalue weighted by atomic mass is 32.2. The lowest BCUT2D eigenvalue weighted by Gasteiger charge is -2.03. The first kappa shape index (κ1) is 19.0. The lowest BCUT2D eigenvalue weighted by atomic mass is 10.2. The van der Waals surface area contributed by atoms with E-state index in [1.165, 1.54) is 48.0 Å². The molecule has 1 N–H and O–H groups in total. The number of halogens is 1. The number of ether oxygens (including phenoxy) is 1. The monoisotopic (exact) mass is 387 g/mol. The second-order valence-electron chi connectivity index (χ2n) is 4.73. The third-order valence-corrected chi connectivity index (χ3v) is 6.13. The van der Waals surface area contributed by atoms with Gasteiger partial charge in [-0.15, -0.1) is 10.2 Å². The molecule has 0 aliphatic rings. The van der Waals surface area contributed by atoms with Gasteiger partial charge < -0.3 is 10.1 Å². The molecule has 0 saturated heterocycles. The van der Waals surface area contributed by atoms with Crippen molar-refractivity contribution in [2.75, 3.05) is 19.4 Å². The number of rotatable bonds is 9. The maximum atomic E-state index is 13.6. The van der Waals surface area contributed by atoms with Gasteiger partial charge in [0.1, 0.15) is 0 Å². The van der Waals surface area contributed by atoms with Crippen molar-refractivity contribution in [3.63, 3.8) is 0 Å². The van der Waals surface area contributed by atoms with Crippen molar-refractivity contribution in [3.05, 3.63) is 29.6 Å². The van der Waals surface area contributed by atoms with E-state index in [9.17, 15) is 9.18 Å². The fourth-order valence-electron chi connectivity index (χ4n) is 1.70. The van der Waals surface area contributed by atoms with E-state index >= 15 is 0 Å². The molecular formula is C15H18FN3O2S3. The summed E-state index contributed by atoms with van der Waals surface area (Å²) in [5, 5.41) is 11.0. The number of nitrogens with zero attached hydrogens (tertiary/aromatic N) is 2. The third-order valence-electron chi connectivity index (χ3n) is 2.87. The van der Waals surface area contributed by atoms with E-state index in [2.05, 4.69) is 15.5 Å². The van der Waals surface area contributed by atoms with E-state index < -0.39 is 0 Å². The number of thioether (sulfide) groups is 2. The Bertz CT molecular complexity index is 682. The van der Waals surface area contributed by atoms with Crippen molar-refractivity contribution in [2.24, 2.45) is 0 Å². The first-order valence-corrected chi connectivity index (χ1v) is 10.1. The van der Waals surface area contributed by atoms with Crippen molar-refractivity contribution >= 4 is 40.8 Å². The zero-order chi connectivity index (χ0) is 17.4. The summed E-state index contributed by atoms with van der Waals surface area (Å²) in [4.78, 5) is 11.6. The molecule has 1 heterocycles. The molecule has 0 aliphatic carbocycles. The number of benzene rings is 1. The van der Waals surface area contributed by atoms with Gasteiger partial charge in [0, 0.05) is 12.3 Å². The van der Waals surface area contributed by atoms with Crippen molar-refractivity contribution in [1.82, 2.24) is 15.5 Å². The van der Waals surface area contributed by atoms with Crippen LogP contribution in [0.15, 0.2) is 26.9 Å². The summed E-state index contributed by atoms with van der Waals surface area (Å²) in [7, 11) is 1.44. The van der Waals surface area contributed by atoms with Crippen LogP contribution in [0.5, 0.6) is 5.75 Å². The molecule has 0 radical (unpaired) electrons. The second kappa shape index (κ2) is 9.85. The largest absolute Gasteiger partial charge is 0.494 e. The molecule has 1 aromatic heterocycles. The highest BCUT2D eigenvalue weighted by molar-refractivity contribution is 8.03. The average molecular weight is 388 g/mol.